The maximum Gasteiger partial charge on any atom is 0.327 e. The Hall–Kier alpha value is -4.03. The van der Waals surface area contributed by atoms with E-state index in [1.165, 1.54) is 36.2 Å². The molecule has 36 heavy (non-hydrogen) atoms. The summed E-state index contributed by atoms with van der Waals surface area (Å²) < 4.78 is 12.0. The number of aryl methyl sites for hydroxylation is 1. The molecular formula is C22H24Cl2N8O4. The molecule has 190 valence electrons. The smallest absolute Gasteiger partial charge is 0.327 e. The van der Waals surface area contributed by atoms with Gasteiger partial charge in [-0.05, 0) is 13.0 Å². The average molecular weight is 535 g/mol. The van der Waals surface area contributed by atoms with E-state index < -0.39 is 11.9 Å². The zero-order valence-corrected chi connectivity index (χ0v) is 21.4. The number of nitrogens with one attached hydrogen (secondary N) is 3. The molecule has 2 heterocycles. The van der Waals surface area contributed by atoms with Crippen LogP contribution in [0.5, 0.6) is 11.5 Å². The quantitative estimate of drug-likeness (QED) is 0.342. The second-order valence-corrected chi connectivity index (χ2v) is 7.86. The fourth-order valence-corrected chi connectivity index (χ4v) is 3.71. The van der Waals surface area contributed by atoms with Gasteiger partial charge in [0.15, 0.2) is 5.82 Å². The number of ether oxygens (including phenoxy) is 2. The first-order chi connectivity index (χ1) is 17.2. The number of methoxy groups -OCH3 is 2. The second kappa shape index (κ2) is 11.6. The fourth-order valence-electron chi connectivity index (χ4n) is 3.12. The molecule has 0 spiro atoms. The Morgan fingerprint density at radius 2 is 1.81 bits per heavy atom. The van der Waals surface area contributed by atoms with E-state index in [0.717, 1.165) is 6.08 Å². The van der Waals surface area contributed by atoms with Gasteiger partial charge in [-0.3, -0.25) is 14.4 Å². The normalized spacial score (nSPS) is 10.4. The zero-order chi connectivity index (χ0) is 26.4. The van der Waals surface area contributed by atoms with Crippen LogP contribution >= 0.6 is 23.2 Å². The van der Waals surface area contributed by atoms with Gasteiger partial charge in [0.25, 0.3) is 0 Å². The van der Waals surface area contributed by atoms with Crippen molar-refractivity contribution in [2.75, 3.05) is 41.6 Å². The van der Waals surface area contributed by atoms with Gasteiger partial charge in [0.05, 0.1) is 26.1 Å². The van der Waals surface area contributed by atoms with E-state index in [2.05, 4.69) is 37.6 Å². The van der Waals surface area contributed by atoms with Crippen molar-refractivity contribution in [3.63, 3.8) is 0 Å². The molecule has 3 N–H and O–H groups in total. The third-order valence-corrected chi connectivity index (χ3v) is 5.57. The molecule has 3 amide bonds. The van der Waals surface area contributed by atoms with Gasteiger partial charge in [0.2, 0.25) is 5.91 Å². The molecule has 2 aromatic heterocycles. The van der Waals surface area contributed by atoms with E-state index >= 15 is 0 Å². The van der Waals surface area contributed by atoms with Gasteiger partial charge in [0, 0.05) is 25.7 Å². The number of benzene rings is 1. The van der Waals surface area contributed by atoms with Crippen LogP contribution in [-0.2, 0) is 11.8 Å². The van der Waals surface area contributed by atoms with Crippen LogP contribution in [0.15, 0.2) is 37.3 Å². The van der Waals surface area contributed by atoms with Gasteiger partial charge < -0.3 is 25.4 Å². The van der Waals surface area contributed by atoms with Crippen LogP contribution in [0, 0.1) is 0 Å². The minimum Gasteiger partial charge on any atom is -0.495 e. The minimum atomic E-state index is -0.557. The van der Waals surface area contributed by atoms with Gasteiger partial charge in [0.1, 0.15) is 45.2 Å². The maximum absolute atomic E-state index is 13.2. The van der Waals surface area contributed by atoms with Crippen molar-refractivity contribution in [3.8, 4) is 11.5 Å². The predicted molar refractivity (Wildman–Crippen MR) is 139 cm³/mol. The van der Waals surface area contributed by atoms with Gasteiger partial charge in [-0.15, -0.1) is 0 Å². The van der Waals surface area contributed by atoms with E-state index in [1.54, 1.807) is 26.2 Å². The molecule has 0 saturated carbocycles. The molecule has 0 fully saturated rings. The molecule has 3 aromatic rings. The summed E-state index contributed by atoms with van der Waals surface area (Å²) in [6.45, 7) is 5.46. The summed E-state index contributed by atoms with van der Waals surface area (Å²) in [4.78, 5) is 34.7. The van der Waals surface area contributed by atoms with Crippen LogP contribution < -0.4 is 30.3 Å². The largest absolute Gasteiger partial charge is 0.495 e. The summed E-state index contributed by atoms with van der Waals surface area (Å²) in [5.74, 6) is 1.11. The third-order valence-electron chi connectivity index (χ3n) is 4.81. The summed E-state index contributed by atoms with van der Waals surface area (Å²) in [5, 5.41) is 12.9. The number of aromatic nitrogens is 4. The number of carbonyl (C=O) groups is 2. The molecule has 0 radical (unpaired) electrons. The molecule has 0 saturated heterocycles. The van der Waals surface area contributed by atoms with Crippen molar-refractivity contribution in [2.45, 2.75) is 6.92 Å². The van der Waals surface area contributed by atoms with E-state index in [9.17, 15) is 9.59 Å². The molecule has 3 rings (SSSR count). The van der Waals surface area contributed by atoms with Crippen LogP contribution in [0.1, 0.15) is 6.92 Å². The van der Waals surface area contributed by atoms with E-state index in [1.807, 2.05) is 0 Å². The Balaban J connectivity index is 1.87. The Bertz CT molecular complexity index is 1270. The van der Waals surface area contributed by atoms with Crippen LogP contribution in [0.25, 0.3) is 0 Å². The highest BCUT2D eigenvalue weighted by Crippen LogP contribution is 2.44. The molecule has 0 atom stereocenters. The molecule has 12 nitrogen and oxygen atoms in total. The number of urea groups is 1. The maximum atomic E-state index is 13.2. The highest BCUT2D eigenvalue weighted by atomic mass is 35.5. The number of anilines is 5. The lowest BCUT2D eigenvalue weighted by atomic mass is 10.2. The van der Waals surface area contributed by atoms with Crippen LogP contribution in [-0.4, -0.2) is 52.5 Å². The molecule has 14 heteroatoms. The van der Waals surface area contributed by atoms with Crippen molar-refractivity contribution >= 4 is 64.0 Å². The molecule has 0 aliphatic carbocycles. The second-order valence-electron chi connectivity index (χ2n) is 7.10. The summed E-state index contributed by atoms with van der Waals surface area (Å²) in [7, 11) is 4.57. The predicted octanol–water partition coefficient (Wildman–Crippen LogP) is 4.46. The van der Waals surface area contributed by atoms with E-state index in [4.69, 9.17) is 32.7 Å². The molecular weight excluding hydrogens is 511 g/mol. The van der Waals surface area contributed by atoms with Gasteiger partial charge in [-0.2, -0.15) is 5.10 Å². The van der Waals surface area contributed by atoms with Crippen LogP contribution in [0.4, 0.5) is 33.6 Å². The standard InChI is InChI=1S/C22H24Cl2N8O4/c1-6-17(33)27-12-10-31(3)30-21(12)28-15-9-16(26-11-25-15)32(7-2)22(34)29-20-18(23)13(35-4)8-14(36-5)19(20)24/h6,8-11H,1,7H2,2-5H3,(H,27,33)(H,29,34)(H,25,26,28,30). The first-order valence-corrected chi connectivity index (χ1v) is 11.2. The number of nitrogens with zero attached hydrogens (tertiary/aromatic N) is 5. The number of hydrogen-bond donors (Lipinski definition) is 3. The molecule has 0 aliphatic rings. The van der Waals surface area contributed by atoms with Crippen LogP contribution in [0.2, 0.25) is 10.0 Å². The zero-order valence-electron chi connectivity index (χ0n) is 19.9. The summed E-state index contributed by atoms with van der Waals surface area (Å²) >= 11 is 12.8. The Labute approximate surface area is 217 Å². The van der Waals surface area contributed by atoms with Gasteiger partial charge >= 0.3 is 6.03 Å². The summed E-state index contributed by atoms with van der Waals surface area (Å²) in [6, 6.07) is 2.51. The van der Waals surface area contributed by atoms with Crippen molar-refractivity contribution in [3.05, 3.63) is 47.4 Å². The molecule has 1 aromatic carbocycles. The van der Waals surface area contributed by atoms with Gasteiger partial charge in [-0.25, -0.2) is 14.8 Å². The molecule has 0 bridgehead atoms. The first-order valence-electron chi connectivity index (χ1n) is 10.5. The third kappa shape index (κ3) is 5.78. The number of amides is 3. The number of carbonyl (C=O) groups excluding carboxylic acids is 2. The Morgan fingerprint density at radius 3 is 2.39 bits per heavy atom. The van der Waals surface area contributed by atoms with Gasteiger partial charge in [-0.1, -0.05) is 29.8 Å². The minimum absolute atomic E-state index is 0.113. The average Bonchev–Trinajstić information content (AvgIpc) is 3.20. The highest BCUT2D eigenvalue weighted by Gasteiger charge is 2.23. The lowest BCUT2D eigenvalue weighted by molar-refractivity contribution is -0.111. The lowest BCUT2D eigenvalue weighted by Gasteiger charge is -2.22. The first kappa shape index (κ1) is 26.6. The topological polar surface area (TPSA) is 136 Å². The Morgan fingerprint density at radius 1 is 1.14 bits per heavy atom. The van der Waals surface area contributed by atoms with E-state index in [-0.39, 0.29) is 39.6 Å². The Kier molecular flexibility index (Phi) is 8.56. The monoisotopic (exact) mass is 534 g/mol. The van der Waals surface area contributed by atoms with Crippen molar-refractivity contribution < 1.29 is 19.1 Å². The SMILES string of the molecule is C=CC(=O)Nc1cn(C)nc1Nc1cc(N(CC)C(=O)Nc2c(Cl)c(OC)cc(OC)c2Cl)ncn1. The van der Waals surface area contributed by atoms with Crippen molar-refractivity contribution in [2.24, 2.45) is 7.05 Å². The highest BCUT2D eigenvalue weighted by molar-refractivity contribution is 6.41. The number of rotatable bonds is 9. The number of halogens is 2. The van der Waals surface area contributed by atoms with Crippen molar-refractivity contribution in [1.29, 1.82) is 0 Å². The fraction of sp³-hybridized carbons (Fsp3) is 0.227. The van der Waals surface area contributed by atoms with Crippen molar-refractivity contribution in [1.82, 2.24) is 19.7 Å². The number of hydrogen-bond acceptors (Lipinski definition) is 8. The molecule has 0 unspecified atom stereocenters. The summed E-state index contributed by atoms with van der Waals surface area (Å²) in [5.41, 5.74) is 0.547. The van der Waals surface area contributed by atoms with Crippen LogP contribution in [0.3, 0.4) is 0 Å². The molecule has 0 aliphatic heterocycles. The summed E-state index contributed by atoms with van der Waals surface area (Å²) in [6.07, 6.45) is 4.05. The van der Waals surface area contributed by atoms with E-state index in [0.29, 0.717) is 17.3 Å². The lowest BCUT2D eigenvalue weighted by Crippen LogP contribution is -2.35.